The van der Waals surface area contributed by atoms with Gasteiger partial charge in [0, 0.05) is 17.3 Å². The van der Waals surface area contributed by atoms with E-state index in [2.05, 4.69) is 17.2 Å². The third-order valence-electron chi connectivity index (χ3n) is 3.44. The van der Waals surface area contributed by atoms with Crippen LogP contribution >= 0.6 is 0 Å². The summed E-state index contributed by atoms with van der Waals surface area (Å²) in [5.41, 5.74) is -0.446. The van der Waals surface area contributed by atoms with Gasteiger partial charge in [-0.1, -0.05) is 11.8 Å². The van der Waals surface area contributed by atoms with E-state index < -0.39 is 23.2 Å². The third kappa shape index (κ3) is 5.14. The summed E-state index contributed by atoms with van der Waals surface area (Å²) in [7, 11) is 0. The number of carbonyl (C=O) groups is 1. The van der Waals surface area contributed by atoms with Crippen LogP contribution in [0, 0.1) is 18.8 Å². The molecule has 0 unspecified atom stereocenters. The Hall–Kier alpha value is -3.21. The number of nitrogens with one attached hydrogen (secondary N) is 1. The van der Waals surface area contributed by atoms with E-state index in [1.807, 2.05) is 0 Å². The highest BCUT2D eigenvalue weighted by atomic mass is 19.4. The number of amides is 1. The number of alkyl halides is 3. The summed E-state index contributed by atoms with van der Waals surface area (Å²) in [4.78, 5) is 23.6. The van der Waals surface area contributed by atoms with E-state index >= 15 is 0 Å². The van der Waals surface area contributed by atoms with Gasteiger partial charge in [0.15, 0.2) is 0 Å². The van der Waals surface area contributed by atoms with E-state index in [0.717, 1.165) is 18.2 Å². The maximum absolute atomic E-state index is 12.5. The van der Waals surface area contributed by atoms with Crippen molar-refractivity contribution in [3.8, 4) is 17.6 Å². The van der Waals surface area contributed by atoms with Crippen molar-refractivity contribution in [2.24, 2.45) is 0 Å². The number of halogens is 3. The first-order chi connectivity index (χ1) is 12.2. The zero-order valence-corrected chi connectivity index (χ0v) is 13.7. The van der Waals surface area contributed by atoms with Crippen molar-refractivity contribution in [1.29, 1.82) is 0 Å². The Morgan fingerprint density at radius 2 is 1.88 bits per heavy atom. The molecule has 2 N–H and O–H groups in total. The molecular formula is C18H15F3N2O3. The van der Waals surface area contributed by atoms with Crippen LogP contribution in [0.1, 0.15) is 16.8 Å². The fourth-order valence-corrected chi connectivity index (χ4v) is 2.15. The smallest absolute Gasteiger partial charge is 0.416 e. The molecule has 1 aromatic heterocycles. The van der Waals surface area contributed by atoms with Crippen molar-refractivity contribution in [3.63, 3.8) is 0 Å². The fraction of sp³-hybridized carbons (Fsp3) is 0.222. The minimum atomic E-state index is -4.40. The molecule has 1 heterocycles. The number of hydrogen-bond donors (Lipinski definition) is 2. The molecule has 26 heavy (non-hydrogen) atoms. The number of nitrogens with zero attached hydrogens (tertiary/aromatic N) is 1. The molecule has 0 bridgehead atoms. The number of rotatable bonds is 3. The zero-order chi connectivity index (χ0) is 19.3. The van der Waals surface area contributed by atoms with E-state index in [4.69, 9.17) is 0 Å². The first-order valence-electron chi connectivity index (χ1n) is 7.50. The molecule has 0 spiro atoms. The summed E-state index contributed by atoms with van der Waals surface area (Å²) < 4.78 is 38.5. The van der Waals surface area contributed by atoms with Gasteiger partial charge in [0.2, 0.25) is 5.91 Å². The van der Waals surface area contributed by atoms with Crippen LogP contribution in [-0.2, 0) is 17.5 Å². The lowest BCUT2D eigenvalue weighted by Gasteiger charge is -2.09. The molecule has 2 aromatic rings. The van der Waals surface area contributed by atoms with Crippen LogP contribution in [0.15, 0.2) is 41.2 Å². The lowest BCUT2D eigenvalue weighted by molar-refractivity contribution is -0.137. The van der Waals surface area contributed by atoms with Gasteiger partial charge < -0.3 is 15.0 Å². The number of benzene rings is 1. The summed E-state index contributed by atoms with van der Waals surface area (Å²) in [5, 5.41) is 11.8. The Morgan fingerprint density at radius 3 is 2.46 bits per heavy atom. The summed E-state index contributed by atoms with van der Waals surface area (Å²) in [6.07, 6.45) is -4.40. The first kappa shape index (κ1) is 19.1. The van der Waals surface area contributed by atoms with E-state index in [1.54, 1.807) is 6.92 Å². The minimum absolute atomic E-state index is 0.0221. The van der Waals surface area contributed by atoms with E-state index in [1.165, 1.54) is 22.8 Å². The van der Waals surface area contributed by atoms with Crippen LogP contribution in [0.3, 0.4) is 0 Å². The predicted octanol–water partition coefficient (Wildman–Crippen LogP) is 2.05. The number of aryl methyl sites for hydroxylation is 1. The predicted molar refractivity (Wildman–Crippen MR) is 88.4 cm³/mol. The number of hydrogen-bond acceptors (Lipinski definition) is 3. The maximum Gasteiger partial charge on any atom is 0.416 e. The fourth-order valence-electron chi connectivity index (χ4n) is 2.15. The lowest BCUT2D eigenvalue weighted by atomic mass is 10.1. The van der Waals surface area contributed by atoms with Gasteiger partial charge >= 0.3 is 6.18 Å². The molecule has 5 nitrogen and oxygen atoms in total. The second-order valence-corrected chi connectivity index (χ2v) is 5.43. The molecule has 0 saturated heterocycles. The highest BCUT2D eigenvalue weighted by Crippen LogP contribution is 2.28. The van der Waals surface area contributed by atoms with Gasteiger partial charge in [0.05, 0.1) is 12.1 Å². The third-order valence-corrected chi connectivity index (χ3v) is 3.44. The molecule has 2 rings (SSSR count). The first-order valence-corrected chi connectivity index (χ1v) is 7.50. The highest BCUT2D eigenvalue weighted by molar-refractivity contribution is 5.76. The van der Waals surface area contributed by atoms with Crippen LogP contribution in [0.5, 0.6) is 5.75 Å². The molecule has 0 aliphatic heterocycles. The van der Waals surface area contributed by atoms with Crippen LogP contribution < -0.4 is 10.9 Å². The number of aromatic hydroxyl groups is 1. The second-order valence-electron chi connectivity index (χ2n) is 5.43. The standard InChI is InChI=1S/C18H15F3N2O3/c1-12-9-15(24)10-17(26)23(12)11-16(25)22-8-2-3-13-4-6-14(7-5-13)18(19,20)21/h4-7,9-10,24H,8,11H2,1H3,(H,22,25). The monoisotopic (exact) mass is 364 g/mol. The lowest BCUT2D eigenvalue weighted by Crippen LogP contribution is -2.33. The molecule has 0 radical (unpaired) electrons. The molecular weight excluding hydrogens is 349 g/mol. The van der Waals surface area contributed by atoms with Gasteiger partial charge in [0.1, 0.15) is 12.3 Å². The van der Waals surface area contributed by atoms with Crippen LogP contribution in [0.2, 0.25) is 0 Å². The van der Waals surface area contributed by atoms with Gasteiger partial charge in [-0.05, 0) is 37.3 Å². The van der Waals surface area contributed by atoms with E-state index in [9.17, 15) is 27.9 Å². The highest BCUT2D eigenvalue weighted by Gasteiger charge is 2.29. The maximum atomic E-state index is 12.5. The molecule has 8 heteroatoms. The Morgan fingerprint density at radius 1 is 1.23 bits per heavy atom. The van der Waals surface area contributed by atoms with Crippen LogP contribution in [0.4, 0.5) is 13.2 Å². The van der Waals surface area contributed by atoms with Crippen molar-refractivity contribution in [2.75, 3.05) is 6.54 Å². The Balaban J connectivity index is 1.92. The number of aromatic nitrogens is 1. The van der Waals surface area contributed by atoms with Crippen molar-refractivity contribution in [2.45, 2.75) is 19.6 Å². The van der Waals surface area contributed by atoms with Crippen molar-refractivity contribution in [1.82, 2.24) is 9.88 Å². The van der Waals surface area contributed by atoms with E-state index in [0.29, 0.717) is 11.3 Å². The SMILES string of the molecule is Cc1cc(O)cc(=O)n1CC(=O)NCC#Cc1ccc(C(F)(F)F)cc1. The quantitative estimate of drug-likeness (QED) is 0.819. The van der Waals surface area contributed by atoms with Crippen LogP contribution in [-0.4, -0.2) is 22.1 Å². The molecule has 0 fully saturated rings. The Labute approximate surface area is 147 Å². The molecule has 0 atom stereocenters. The Bertz CT molecular complexity index is 920. The minimum Gasteiger partial charge on any atom is -0.508 e. The largest absolute Gasteiger partial charge is 0.508 e. The molecule has 1 amide bonds. The molecule has 136 valence electrons. The topological polar surface area (TPSA) is 71.3 Å². The molecule has 0 aliphatic rings. The average molecular weight is 364 g/mol. The van der Waals surface area contributed by atoms with Crippen LogP contribution in [0.25, 0.3) is 0 Å². The van der Waals surface area contributed by atoms with Gasteiger partial charge in [-0.3, -0.25) is 9.59 Å². The van der Waals surface area contributed by atoms with Crippen molar-refractivity contribution < 1.29 is 23.1 Å². The van der Waals surface area contributed by atoms with Gasteiger partial charge in [0.25, 0.3) is 5.56 Å². The molecule has 1 aromatic carbocycles. The van der Waals surface area contributed by atoms with Gasteiger partial charge in [-0.25, -0.2) is 0 Å². The number of carbonyl (C=O) groups excluding carboxylic acids is 1. The summed E-state index contributed by atoms with van der Waals surface area (Å²) in [6.45, 7) is 1.33. The second kappa shape index (κ2) is 7.78. The zero-order valence-electron chi connectivity index (χ0n) is 13.7. The average Bonchev–Trinajstić information content (AvgIpc) is 2.54. The molecule has 0 aliphatic carbocycles. The van der Waals surface area contributed by atoms with Crippen molar-refractivity contribution >= 4 is 5.91 Å². The number of pyridine rings is 1. The summed E-state index contributed by atoms with van der Waals surface area (Å²) in [6, 6.07) is 6.73. The molecule has 0 saturated carbocycles. The van der Waals surface area contributed by atoms with E-state index in [-0.39, 0.29) is 18.8 Å². The van der Waals surface area contributed by atoms with Crippen molar-refractivity contribution in [3.05, 3.63) is 63.6 Å². The summed E-state index contributed by atoms with van der Waals surface area (Å²) >= 11 is 0. The van der Waals surface area contributed by atoms with Gasteiger partial charge in [-0.15, -0.1) is 0 Å². The summed E-state index contributed by atoms with van der Waals surface area (Å²) in [5.74, 6) is 4.63. The van der Waals surface area contributed by atoms with Gasteiger partial charge in [-0.2, -0.15) is 13.2 Å². The Kier molecular flexibility index (Phi) is 5.72. The normalized spacial score (nSPS) is 10.8.